The van der Waals surface area contributed by atoms with Crippen molar-refractivity contribution in [3.63, 3.8) is 0 Å². The van der Waals surface area contributed by atoms with Gasteiger partial charge in [-0.3, -0.25) is 0 Å². The molecule has 2 aromatic heterocycles. The maximum absolute atomic E-state index is 2.49. The minimum absolute atomic E-state index is 1.24. The van der Waals surface area contributed by atoms with Crippen molar-refractivity contribution in [2.24, 2.45) is 7.05 Å². The molecule has 0 radical (unpaired) electrons. The van der Waals surface area contributed by atoms with E-state index >= 15 is 0 Å². The fraction of sp³-hybridized carbons (Fsp3) is 0.206. The lowest BCUT2D eigenvalue weighted by atomic mass is 9.94. The molecule has 0 unspecified atom stereocenters. The zero-order chi connectivity index (χ0) is 26.1. The molecule has 0 fully saturated rings. The van der Waals surface area contributed by atoms with Crippen LogP contribution in [0.15, 0.2) is 85.1 Å². The summed E-state index contributed by atoms with van der Waals surface area (Å²) in [6, 6.07) is 29.5. The van der Waals surface area contributed by atoms with Crippen molar-refractivity contribution in [2.45, 2.75) is 40.4 Å². The van der Waals surface area contributed by atoms with E-state index in [4.69, 9.17) is 0 Å². The number of hydrogen-bond donors (Lipinski definition) is 0. The van der Waals surface area contributed by atoms with Gasteiger partial charge in [-0.1, -0.05) is 85.0 Å². The maximum atomic E-state index is 2.49. The molecule has 4 aromatic carbocycles. The van der Waals surface area contributed by atoms with Gasteiger partial charge in [0.05, 0.1) is 30.1 Å². The lowest BCUT2D eigenvalue weighted by Gasteiger charge is -2.20. The lowest BCUT2D eigenvalue weighted by Crippen LogP contribution is -2.38. The van der Waals surface area contributed by atoms with Crippen molar-refractivity contribution >= 4 is 45.8 Å². The summed E-state index contributed by atoms with van der Waals surface area (Å²) in [7, 11) is 0.683. The number of rotatable bonds is 3. The van der Waals surface area contributed by atoms with Crippen LogP contribution in [0.1, 0.15) is 16.7 Å². The number of fused-ring (bicyclic) bond motifs is 4. The molecule has 0 saturated carbocycles. The molecule has 6 rings (SSSR count). The van der Waals surface area contributed by atoms with Crippen LogP contribution in [0.5, 0.6) is 0 Å². The number of nitrogens with zero attached hydrogens (tertiary/aromatic N) is 2. The molecule has 37 heavy (non-hydrogen) atoms. The SMILES string of the molecule is Cc1cc(C)c(C)c(-c2c3ccc([Si](C)(C)C)cc3c(-n3c4ccccc4c4ccccc43)c[n+]2C)c1. The van der Waals surface area contributed by atoms with E-state index < -0.39 is 8.07 Å². The predicted octanol–water partition coefficient (Wildman–Crippen LogP) is 7.90. The van der Waals surface area contributed by atoms with Gasteiger partial charge in [-0.2, -0.15) is 4.57 Å². The normalized spacial score (nSPS) is 12.2. The quantitative estimate of drug-likeness (QED) is 0.173. The minimum atomic E-state index is -1.52. The van der Waals surface area contributed by atoms with Crippen molar-refractivity contribution in [3.8, 4) is 16.9 Å². The fourth-order valence-electron chi connectivity index (χ4n) is 5.92. The Morgan fingerprint density at radius 3 is 1.92 bits per heavy atom. The highest BCUT2D eigenvalue weighted by Gasteiger charge is 2.26. The monoisotopic (exact) mass is 499 g/mol. The summed E-state index contributed by atoms with van der Waals surface area (Å²) in [6.07, 6.45) is 2.35. The van der Waals surface area contributed by atoms with Crippen LogP contribution in [0, 0.1) is 20.8 Å². The Labute approximate surface area is 220 Å². The van der Waals surface area contributed by atoms with E-state index in [2.05, 4.69) is 142 Å². The van der Waals surface area contributed by atoms with Crippen LogP contribution in [-0.4, -0.2) is 12.6 Å². The first-order valence-corrected chi connectivity index (χ1v) is 16.7. The van der Waals surface area contributed by atoms with Gasteiger partial charge >= 0.3 is 0 Å². The number of aromatic nitrogens is 2. The van der Waals surface area contributed by atoms with Gasteiger partial charge in [-0.05, 0) is 56.2 Å². The smallest absolute Gasteiger partial charge is 0.220 e. The van der Waals surface area contributed by atoms with E-state index in [9.17, 15) is 0 Å². The molecule has 0 N–H and O–H groups in total. The number of benzene rings is 4. The Morgan fingerprint density at radius 1 is 0.676 bits per heavy atom. The molecule has 0 amide bonds. The van der Waals surface area contributed by atoms with Crippen LogP contribution in [0.3, 0.4) is 0 Å². The van der Waals surface area contributed by atoms with E-state index in [-0.39, 0.29) is 0 Å². The van der Waals surface area contributed by atoms with Gasteiger partial charge < -0.3 is 4.57 Å². The summed E-state index contributed by atoms with van der Waals surface area (Å²) < 4.78 is 4.82. The van der Waals surface area contributed by atoms with Crippen LogP contribution in [0.4, 0.5) is 0 Å². The Hall–Kier alpha value is -3.69. The first kappa shape index (κ1) is 23.7. The summed E-state index contributed by atoms with van der Waals surface area (Å²) in [5, 5.41) is 6.70. The van der Waals surface area contributed by atoms with Crippen molar-refractivity contribution in [1.29, 1.82) is 0 Å². The third-order valence-electron chi connectivity index (χ3n) is 7.97. The standard InChI is InChI=1S/C34H35N2Si/c1-22-18-23(2)24(3)29(19-22)34-28-17-16-25(37(5,6)7)20-30(28)33(21-35(34)4)36-31-14-10-8-12-26(31)27-13-9-11-15-32(27)36/h8-21H,1-7H3/q+1. The van der Waals surface area contributed by atoms with E-state index in [1.807, 2.05) is 0 Å². The molecule has 0 aliphatic rings. The zero-order valence-electron chi connectivity index (χ0n) is 23.0. The van der Waals surface area contributed by atoms with Crippen LogP contribution in [-0.2, 0) is 7.05 Å². The largest absolute Gasteiger partial charge is 0.303 e. The summed E-state index contributed by atoms with van der Waals surface area (Å²) in [6.45, 7) is 14.0. The second kappa shape index (κ2) is 8.42. The second-order valence-corrected chi connectivity index (χ2v) is 16.7. The van der Waals surface area contributed by atoms with Crippen LogP contribution in [0.25, 0.3) is 49.5 Å². The summed E-state index contributed by atoms with van der Waals surface area (Å²) >= 11 is 0. The van der Waals surface area contributed by atoms with E-state index in [0.29, 0.717) is 0 Å². The van der Waals surface area contributed by atoms with Gasteiger partial charge in [0.1, 0.15) is 12.7 Å². The van der Waals surface area contributed by atoms with Crippen molar-refractivity contribution in [1.82, 2.24) is 4.57 Å². The molecule has 3 heteroatoms. The molecule has 184 valence electrons. The van der Waals surface area contributed by atoms with Crippen LogP contribution < -0.4 is 9.75 Å². The zero-order valence-corrected chi connectivity index (χ0v) is 24.0. The maximum Gasteiger partial charge on any atom is 0.220 e. The van der Waals surface area contributed by atoms with Crippen LogP contribution in [0.2, 0.25) is 19.6 Å². The summed E-state index contributed by atoms with van der Waals surface area (Å²) in [5.74, 6) is 0. The Balaban J connectivity index is 1.80. The molecule has 0 aliphatic heterocycles. The van der Waals surface area contributed by atoms with Crippen molar-refractivity contribution < 1.29 is 4.57 Å². The number of aryl methyl sites for hydroxylation is 3. The molecule has 0 saturated heterocycles. The van der Waals surface area contributed by atoms with Gasteiger partial charge in [0, 0.05) is 16.2 Å². The first-order valence-electron chi connectivity index (χ1n) is 13.2. The first-order chi connectivity index (χ1) is 17.6. The van der Waals surface area contributed by atoms with Gasteiger partial charge in [0.25, 0.3) is 0 Å². The Morgan fingerprint density at radius 2 is 1.30 bits per heavy atom. The third kappa shape index (κ3) is 3.72. The molecule has 2 nitrogen and oxygen atoms in total. The fourth-order valence-corrected chi connectivity index (χ4v) is 7.08. The molecular formula is C34H35N2Si+. The molecular weight excluding hydrogens is 464 g/mol. The summed E-state index contributed by atoms with van der Waals surface area (Å²) in [5.41, 5.74) is 10.3. The summed E-state index contributed by atoms with van der Waals surface area (Å²) in [4.78, 5) is 0. The van der Waals surface area contributed by atoms with E-state index in [1.165, 1.54) is 71.4 Å². The second-order valence-electron chi connectivity index (χ2n) is 11.6. The van der Waals surface area contributed by atoms with Gasteiger partial charge in [-0.25, -0.2) is 0 Å². The Kier molecular flexibility index (Phi) is 5.39. The number of pyridine rings is 1. The highest BCUT2D eigenvalue weighted by Crippen LogP contribution is 2.37. The third-order valence-corrected chi connectivity index (χ3v) is 10.0. The molecule has 0 bridgehead atoms. The molecule has 0 aliphatic carbocycles. The molecule has 2 heterocycles. The average molecular weight is 500 g/mol. The topological polar surface area (TPSA) is 8.81 Å². The highest BCUT2D eigenvalue weighted by atomic mass is 28.3. The lowest BCUT2D eigenvalue weighted by molar-refractivity contribution is -0.658. The minimum Gasteiger partial charge on any atom is -0.303 e. The van der Waals surface area contributed by atoms with E-state index in [0.717, 1.165) is 0 Å². The van der Waals surface area contributed by atoms with Gasteiger partial charge in [-0.15, -0.1) is 0 Å². The molecule has 0 atom stereocenters. The van der Waals surface area contributed by atoms with Gasteiger partial charge in [0.15, 0.2) is 6.20 Å². The number of hydrogen-bond acceptors (Lipinski definition) is 0. The molecule has 6 aromatic rings. The predicted molar refractivity (Wildman–Crippen MR) is 162 cm³/mol. The highest BCUT2D eigenvalue weighted by molar-refractivity contribution is 6.88. The van der Waals surface area contributed by atoms with Crippen molar-refractivity contribution in [2.75, 3.05) is 0 Å². The van der Waals surface area contributed by atoms with E-state index in [1.54, 1.807) is 0 Å². The Bertz CT molecular complexity index is 1800. The van der Waals surface area contributed by atoms with Gasteiger partial charge in [0.2, 0.25) is 5.69 Å². The molecule has 0 spiro atoms. The number of para-hydroxylation sites is 2. The van der Waals surface area contributed by atoms with Crippen molar-refractivity contribution in [3.05, 3.63) is 102 Å². The van der Waals surface area contributed by atoms with Crippen LogP contribution >= 0.6 is 0 Å². The average Bonchev–Trinajstić information content (AvgIpc) is 3.19.